The van der Waals surface area contributed by atoms with Crippen LogP contribution in [-0.4, -0.2) is 58.8 Å². The lowest BCUT2D eigenvalue weighted by Crippen LogP contribution is -2.46. The lowest BCUT2D eigenvalue weighted by atomic mass is 9.84. The molecule has 4 aromatic rings. The van der Waals surface area contributed by atoms with Crippen molar-refractivity contribution in [3.05, 3.63) is 130 Å². The topological polar surface area (TPSA) is 118 Å². The second-order valence-corrected chi connectivity index (χ2v) is 13.9. The summed E-state index contributed by atoms with van der Waals surface area (Å²) in [7, 11) is 0. The van der Waals surface area contributed by atoms with E-state index in [9.17, 15) is 19.8 Å². The molecule has 0 radical (unpaired) electrons. The first-order valence-electron chi connectivity index (χ1n) is 17.4. The molecule has 0 saturated carbocycles. The fraction of sp³-hybridized carbons (Fsp3) is 0.366. The largest absolute Gasteiger partial charge is 0.453 e. The van der Waals surface area contributed by atoms with Gasteiger partial charge >= 0.3 is 5.97 Å². The molecule has 2 saturated heterocycles. The summed E-state index contributed by atoms with van der Waals surface area (Å²) in [5.74, 6) is -0.852. The maximum atomic E-state index is 12.3. The van der Waals surface area contributed by atoms with Gasteiger partial charge < -0.3 is 34.6 Å². The number of nitrogens with one attached hydrogen (secondary N) is 1. The van der Waals surface area contributed by atoms with Crippen molar-refractivity contribution in [1.82, 2.24) is 10.2 Å². The molecule has 268 valence electrons. The zero-order valence-corrected chi connectivity index (χ0v) is 29.7. The lowest BCUT2D eigenvalue weighted by molar-refractivity contribution is -0.253. The van der Waals surface area contributed by atoms with Gasteiger partial charge in [-0.05, 0) is 71.3 Å². The molecule has 4 atom stereocenters. The quantitative estimate of drug-likeness (QED) is 0.149. The molecule has 2 fully saturated rings. The number of ether oxygens (including phenoxy) is 3. The molecule has 3 N–H and O–H groups in total. The van der Waals surface area contributed by atoms with E-state index in [1.807, 2.05) is 97.1 Å². The summed E-state index contributed by atoms with van der Waals surface area (Å²) in [5.41, 5.74) is 5.72. The van der Waals surface area contributed by atoms with Gasteiger partial charge in [-0.15, -0.1) is 0 Å². The number of halogens is 1. The Morgan fingerprint density at radius 3 is 2.27 bits per heavy atom. The Balaban J connectivity index is 1.13. The van der Waals surface area contributed by atoms with Crippen LogP contribution in [0.1, 0.15) is 73.3 Å². The van der Waals surface area contributed by atoms with Gasteiger partial charge in [0, 0.05) is 50.1 Å². The molecule has 1 amide bonds. The van der Waals surface area contributed by atoms with Crippen LogP contribution in [0.3, 0.4) is 0 Å². The first-order valence-corrected chi connectivity index (χ1v) is 17.8. The highest BCUT2D eigenvalue weighted by Gasteiger charge is 2.37. The number of carbonyl (C=O) groups excluding carboxylic acids is 2. The Labute approximate surface area is 304 Å². The second-order valence-electron chi connectivity index (χ2n) is 13.5. The van der Waals surface area contributed by atoms with Gasteiger partial charge in [0.05, 0.1) is 24.4 Å². The molecule has 0 aromatic heterocycles. The predicted octanol–water partition coefficient (Wildman–Crippen LogP) is 6.60. The fourth-order valence-corrected chi connectivity index (χ4v) is 6.93. The third-order valence-corrected chi connectivity index (χ3v) is 10.0. The van der Waals surface area contributed by atoms with E-state index in [4.69, 9.17) is 25.8 Å². The van der Waals surface area contributed by atoms with Crippen molar-refractivity contribution in [2.24, 2.45) is 0 Å². The molecule has 2 heterocycles. The van der Waals surface area contributed by atoms with Gasteiger partial charge in [-0.25, -0.2) is 0 Å². The Morgan fingerprint density at radius 2 is 1.61 bits per heavy atom. The van der Waals surface area contributed by atoms with Crippen molar-refractivity contribution in [3.8, 4) is 11.1 Å². The third-order valence-electron chi connectivity index (χ3n) is 9.76. The van der Waals surface area contributed by atoms with Gasteiger partial charge in [0.25, 0.3) is 5.91 Å². The maximum Gasteiger partial charge on any atom is 0.303 e. The number of aliphatic hydroxyl groups excluding tert-OH is 1. The molecule has 9 nitrogen and oxygen atoms in total. The number of amides is 1. The summed E-state index contributed by atoms with van der Waals surface area (Å²) < 4.78 is 18.2. The SMILES string of the molecule is CC(=O)OC(C)C(=O)NCc1cccc(-c2ccc(C3OC(CN4CCC(O)(c5ccc(Cl)cc5)CC4)CC(c4ccc(CO)cc4)O3)cc2)c1. The Morgan fingerprint density at radius 1 is 0.922 bits per heavy atom. The lowest BCUT2D eigenvalue weighted by Gasteiger charge is -2.42. The summed E-state index contributed by atoms with van der Waals surface area (Å²) in [4.78, 5) is 25.9. The summed E-state index contributed by atoms with van der Waals surface area (Å²) in [6, 6.07) is 31.4. The van der Waals surface area contributed by atoms with Gasteiger partial charge in [-0.3, -0.25) is 9.59 Å². The minimum atomic E-state index is -0.879. The van der Waals surface area contributed by atoms with Crippen molar-refractivity contribution < 1.29 is 34.0 Å². The number of hydrogen-bond acceptors (Lipinski definition) is 8. The molecule has 51 heavy (non-hydrogen) atoms. The van der Waals surface area contributed by atoms with Crippen LogP contribution in [0.5, 0.6) is 0 Å². The monoisotopic (exact) mass is 712 g/mol. The number of benzene rings is 4. The summed E-state index contributed by atoms with van der Waals surface area (Å²) in [6.45, 7) is 5.30. The van der Waals surface area contributed by atoms with Gasteiger partial charge in [-0.1, -0.05) is 90.5 Å². The van der Waals surface area contributed by atoms with Crippen LogP contribution in [0.25, 0.3) is 11.1 Å². The molecule has 6 rings (SSSR count). The van der Waals surface area contributed by atoms with Crippen LogP contribution in [-0.2, 0) is 42.6 Å². The second kappa shape index (κ2) is 16.5. The molecular weight excluding hydrogens is 668 g/mol. The highest BCUT2D eigenvalue weighted by molar-refractivity contribution is 6.30. The van der Waals surface area contributed by atoms with Gasteiger partial charge in [0.2, 0.25) is 0 Å². The van der Waals surface area contributed by atoms with Gasteiger partial charge in [-0.2, -0.15) is 0 Å². The number of nitrogens with zero attached hydrogens (tertiary/aromatic N) is 1. The van der Waals surface area contributed by atoms with E-state index >= 15 is 0 Å². The molecule has 4 aromatic carbocycles. The minimum absolute atomic E-state index is 0.0172. The van der Waals surface area contributed by atoms with Crippen molar-refractivity contribution >= 4 is 23.5 Å². The summed E-state index contributed by atoms with van der Waals surface area (Å²) in [5, 5.41) is 24.5. The zero-order valence-electron chi connectivity index (χ0n) is 29.0. The van der Waals surface area contributed by atoms with Crippen molar-refractivity contribution in [3.63, 3.8) is 0 Å². The summed E-state index contributed by atoms with van der Waals surface area (Å²) in [6.07, 6.45) is 0.161. The first-order chi connectivity index (χ1) is 24.6. The number of carbonyl (C=O) groups is 2. The average Bonchev–Trinajstić information content (AvgIpc) is 3.15. The number of likely N-dealkylation sites (tertiary alicyclic amines) is 1. The van der Waals surface area contributed by atoms with Crippen LogP contribution >= 0.6 is 11.6 Å². The smallest absolute Gasteiger partial charge is 0.303 e. The summed E-state index contributed by atoms with van der Waals surface area (Å²) >= 11 is 6.09. The number of esters is 1. The Bertz CT molecular complexity index is 1770. The number of piperidine rings is 1. The zero-order chi connectivity index (χ0) is 36.0. The van der Waals surface area contributed by atoms with Crippen molar-refractivity contribution in [2.75, 3.05) is 19.6 Å². The van der Waals surface area contributed by atoms with E-state index in [1.165, 1.54) is 6.92 Å². The van der Waals surface area contributed by atoms with E-state index < -0.39 is 24.0 Å². The van der Waals surface area contributed by atoms with Crippen LogP contribution in [0, 0.1) is 0 Å². The van der Waals surface area contributed by atoms with E-state index in [-0.39, 0.29) is 24.7 Å². The van der Waals surface area contributed by atoms with Crippen molar-refractivity contribution in [2.45, 2.75) is 76.5 Å². The Hall–Kier alpha value is -4.09. The van der Waals surface area contributed by atoms with E-state index in [0.717, 1.165) is 52.0 Å². The number of rotatable bonds is 11. The fourth-order valence-electron chi connectivity index (χ4n) is 6.80. The van der Waals surface area contributed by atoms with Crippen LogP contribution in [0.2, 0.25) is 5.02 Å². The Kier molecular flexibility index (Phi) is 11.9. The number of hydrogen-bond donors (Lipinski definition) is 3. The first kappa shape index (κ1) is 36.7. The molecule has 0 aliphatic carbocycles. The molecule has 0 bridgehead atoms. The highest BCUT2D eigenvalue weighted by atomic mass is 35.5. The molecule has 10 heteroatoms. The van der Waals surface area contributed by atoms with E-state index in [0.29, 0.717) is 37.4 Å². The number of aliphatic hydroxyl groups is 2. The maximum absolute atomic E-state index is 12.3. The third kappa shape index (κ3) is 9.43. The molecule has 0 spiro atoms. The van der Waals surface area contributed by atoms with Crippen LogP contribution < -0.4 is 5.32 Å². The molecule has 2 aliphatic rings. The van der Waals surface area contributed by atoms with Gasteiger partial charge in [0.1, 0.15) is 0 Å². The minimum Gasteiger partial charge on any atom is -0.453 e. The van der Waals surface area contributed by atoms with Crippen LogP contribution in [0.15, 0.2) is 97.1 Å². The average molecular weight is 713 g/mol. The predicted molar refractivity (Wildman–Crippen MR) is 194 cm³/mol. The van der Waals surface area contributed by atoms with E-state index in [1.54, 1.807) is 6.92 Å². The van der Waals surface area contributed by atoms with Crippen LogP contribution in [0.4, 0.5) is 0 Å². The normalized spacial score (nSPS) is 21.1. The molecule has 4 unspecified atom stereocenters. The molecule has 2 aliphatic heterocycles. The standard InChI is InChI=1S/C41H45ClN2O7/c1-27(49-28(2)46)39(47)43-24-30-4-3-5-34(22-30)31-10-12-33(13-11-31)40-50-37(23-38(51-40)32-8-6-29(26-45)7-9-32)25-44-20-18-41(48,19-21-44)35-14-16-36(42)17-15-35/h3-17,22,27,37-38,40,45,48H,18-21,23-26H2,1-2H3,(H,43,47). The van der Waals surface area contributed by atoms with Gasteiger partial charge in [0.15, 0.2) is 12.4 Å². The van der Waals surface area contributed by atoms with E-state index in [2.05, 4.69) is 10.2 Å². The highest BCUT2D eigenvalue weighted by Crippen LogP contribution is 2.40. The van der Waals surface area contributed by atoms with Crippen molar-refractivity contribution in [1.29, 1.82) is 0 Å². The molecular formula is C41H45ClN2O7.